The predicted molar refractivity (Wildman–Crippen MR) is 91.2 cm³/mol. The molecular formula is C18H20ClNO2. The van der Waals surface area contributed by atoms with Gasteiger partial charge in [0.1, 0.15) is 5.75 Å². The Morgan fingerprint density at radius 1 is 1.14 bits per heavy atom. The number of halogens is 1. The third kappa shape index (κ3) is 3.60. The maximum atomic E-state index is 12.4. The molecule has 0 unspecified atom stereocenters. The Bertz CT molecular complexity index is 687. The number of amides is 1. The Morgan fingerprint density at radius 3 is 2.32 bits per heavy atom. The molecule has 0 aliphatic rings. The van der Waals surface area contributed by atoms with Crippen LogP contribution in [0.4, 0.5) is 5.69 Å². The number of aryl methyl sites for hydroxylation is 3. The fourth-order valence-corrected chi connectivity index (χ4v) is 2.71. The Hall–Kier alpha value is -2.00. The fraction of sp³-hybridized carbons (Fsp3) is 0.278. The summed E-state index contributed by atoms with van der Waals surface area (Å²) in [4.78, 5) is 12.4. The first-order valence-corrected chi connectivity index (χ1v) is 7.61. The standard InChI is InChI=1S/C18H20ClNO2/c1-5-22-16-7-6-14(10-15(16)19)18(21)20-17-12(3)8-11(2)9-13(17)4/h6-10H,5H2,1-4H3,(H,20,21). The van der Waals surface area contributed by atoms with Gasteiger partial charge in [-0.15, -0.1) is 0 Å². The number of hydrogen-bond acceptors (Lipinski definition) is 2. The molecule has 2 aromatic rings. The van der Waals surface area contributed by atoms with Gasteiger partial charge in [0.15, 0.2) is 0 Å². The van der Waals surface area contributed by atoms with E-state index in [4.69, 9.17) is 16.3 Å². The van der Waals surface area contributed by atoms with Crippen molar-refractivity contribution in [2.75, 3.05) is 11.9 Å². The molecule has 1 N–H and O–H groups in total. The first kappa shape index (κ1) is 16.4. The zero-order chi connectivity index (χ0) is 16.3. The maximum absolute atomic E-state index is 12.4. The smallest absolute Gasteiger partial charge is 0.255 e. The summed E-state index contributed by atoms with van der Waals surface area (Å²) in [5.41, 5.74) is 4.62. The van der Waals surface area contributed by atoms with Crippen molar-refractivity contribution in [3.05, 3.63) is 57.6 Å². The van der Waals surface area contributed by atoms with Gasteiger partial charge >= 0.3 is 0 Å². The lowest BCUT2D eigenvalue weighted by Crippen LogP contribution is -2.14. The van der Waals surface area contributed by atoms with E-state index >= 15 is 0 Å². The minimum Gasteiger partial charge on any atom is -0.492 e. The van der Waals surface area contributed by atoms with Crippen LogP contribution in [0.1, 0.15) is 34.0 Å². The number of carbonyl (C=O) groups excluding carboxylic acids is 1. The molecule has 0 radical (unpaired) electrons. The Kier molecular flexibility index (Phi) is 5.09. The minimum atomic E-state index is -0.181. The molecule has 0 spiro atoms. The highest BCUT2D eigenvalue weighted by Crippen LogP contribution is 2.27. The Labute approximate surface area is 136 Å². The number of hydrogen-bond donors (Lipinski definition) is 1. The minimum absolute atomic E-state index is 0.181. The van der Waals surface area contributed by atoms with Crippen molar-refractivity contribution in [1.82, 2.24) is 0 Å². The van der Waals surface area contributed by atoms with Crippen LogP contribution in [0, 0.1) is 20.8 Å². The lowest BCUT2D eigenvalue weighted by Gasteiger charge is -2.13. The summed E-state index contributed by atoms with van der Waals surface area (Å²) in [7, 11) is 0. The third-order valence-electron chi connectivity index (χ3n) is 3.41. The van der Waals surface area contributed by atoms with Gasteiger partial charge in [-0.05, 0) is 57.0 Å². The van der Waals surface area contributed by atoms with Crippen molar-refractivity contribution in [1.29, 1.82) is 0 Å². The zero-order valence-corrected chi connectivity index (χ0v) is 14.0. The van der Waals surface area contributed by atoms with Crippen molar-refractivity contribution >= 4 is 23.2 Å². The summed E-state index contributed by atoms with van der Waals surface area (Å²) in [6, 6.07) is 9.16. The van der Waals surface area contributed by atoms with Gasteiger partial charge in [0.25, 0.3) is 5.91 Å². The summed E-state index contributed by atoms with van der Waals surface area (Å²) in [5.74, 6) is 0.406. The molecular weight excluding hydrogens is 298 g/mol. The van der Waals surface area contributed by atoms with Gasteiger partial charge in [-0.2, -0.15) is 0 Å². The van der Waals surface area contributed by atoms with E-state index < -0.39 is 0 Å². The lowest BCUT2D eigenvalue weighted by molar-refractivity contribution is 0.102. The molecule has 0 aromatic heterocycles. The van der Waals surface area contributed by atoms with Crippen LogP contribution in [0.2, 0.25) is 5.02 Å². The van der Waals surface area contributed by atoms with Crippen LogP contribution in [-0.4, -0.2) is 12.5 Å². The largest absolute Gasteiger partial charge is 0.492 e. The summed E-state index contributed by atoms with van der Waals surface area (Å²) in [6.07, 6.45) is 0. The van der Waals surface area contributed by atoms with E-state index in [1.54, 1.807) is 18.2 Å². The normalized spacial score (nSPS) is 10.4. The van der Waals surface area contributed by atoms with E-state index in [-0.39, 0.29) is 5.91 Å². The lowest BCUT2D eigenvalue weighted by atomic mass is 10.0. The fourth-order valence-electron chi connectivity index (χ4n) is 2.48. The molecule has 0 aliphatic heterocycles. The quantitative estimate of drug-likeness (QED) is 0.869. The summed E-state index contributed by atoms with van der Waals surface area (Å²) in [6.45, 7) is 8.44. The topological polar surface area (TPSA) is 38.3 Å². The van der Waals surface area contributed by atoms with Gasteiger partial charge in [0, 0.05) is 11.3 Å². The highest BCUT2D eigenvalue weighted by atomic mass is 35.5. The predicted octanol–water partition coefficient (Wildman–Crippen LogP) is 4.92. The zero-order valence-electron chi connectivity index (χ0n) is 13.3. The van der Waals surface area contributed by atoms with E-state index in [9.17, 15) is 4.79 Å². The summed E-state index contributed by atoms with van der Waals surface area (Å²) >= 11 is 6.13. The van der Waals surface area contributed by atoms with Crippen molar-refractivity contribution in [2.45, 2.75) is 27.7 Å². The van der Waals surface area contributed by atoms with Gasteiger partial charge in [-0.3, -0.25) is 4.79 Å². The van der Waals surface area contributed by atoms with E-state index in [0.29, 0.717) is 22.9 Å². The maximum Gasteiger partial charge on any atom is 0.255 e. The number of carbonyl (C=O) groups is 1. The average molecular weight is 318 g/mol. The van der Waals surface area contributed by atoms with E-state index in [1.807, 2.05) is 39.8 Å². The molecule has 2 aromatic carbocycles. The Balaban J connectivity index is 2.25. The molecule has 0 aliphatic carbocycles. The molecule has 2 rings (SSSR count). The molecule has 22 heavy (non-hydrogen) atoms. The second-order valence-corrected chi connectivity index (χ2v) is 5.71. The summed E-state index contributed by atoms with van der Waals surface area (Å²) in [5, 5.41) is 3.40. The molecule has 0 saturated carbocycles. The van der Waals surface area contributed by atoms with Gasteiger partial charge in [-0.1, -0.05) is 29.3 Å². The van der Waals surface area contributed by atoms with Crippen molar-refractivity contribution in [3.8, 4) is 5.75 Å². The number of nitrogens with one attached hydrogen (secondary N) is 1. The van der Waals surface area contributed by atoms with Crippen LogP contribution in [0.3, 0.4) is 0 Å². The molecule has 0 bridgehead atoms. The first-order valence-electron chi connectivity index (χ1n) is 7.24. The molecule has 4 heteroatoms. The van der Waals surface area contributed by atoms with E-state index in [0.717, 1.165) is 16.8 Å². The number of ether oxygens (including phenoxy) is 1. The van der Waals surface area contributed by atoms with E-state index in [1.165, 1.54) is 5.56 Å². The van der Waals surface area contributed by atoms with Gasteiger partial charge in [0.05, 0.1) is 11.6 Å². The third-order valence-corrected chi connectivity index (χ3v) is 3.70. The molecule has 0 fully saturated rings. The van der Waals surface area contributed by atoms with Gasteiger partial charge < -0.3 is 10.1 Å². The molecule has 116 valence electrons. The molecule has 3 nitrogen and oxygen atoms in total. The van der Waals surface area contributed by atoms with E-state index in [2.05, 4.69) is 5.32 Å². The highest BCUT2D eigenvalue weighted by molar-refractivity contribution is 6.32. The van der Waals surface area contributed by atoms with Crippen molar-refractivity contribution in [3.63, 3.8) is 0 Å². The number of benzene rings is 2. The van der Waals surface area contributed by atoms with Gasteiger partial charge in [-0.25, -0.2) is 0 Å². The van der Waals surface area contributed by atoms with Crippen molar-refractivity contribution in [2.24, 2.45) is 0 Å². The van der Waals surface area contributed by atoms with Gasteiger partial charge in [0.2, 0.25) is 0 Å². The summed E-state index contributed by atoms with van der Waals surface area (Å²) < 4.78 is 5.38. The SMILES string of the molecule is CCOc1ccc(C(=O)Nc2c(C)cc(C)cc2C)cc1Cl. The van der Waals surface area contributed by atoms with Crippen LogP contribution in [0.5, 0.6) is 5.75 Å². The van der Waals surface area contributed by atoms with Crippen LogP contribution in [0.15, 0.2) is 30.3 Å². The monoisotopic (exact) mass is 317 g/mol. The van der Waals surface area contributed by atoms with Crippen molar-refractivity contribution < 1.29 is 9.53 Å². The average Bonchev–Trinajstić information content (AvgIpc) is 2.45. The van der Waals surface area contributed by atoms with Crippen LogP contribution in [0.25, 0.3) is 0 Å². The molecule has 0 atom stereocenters. The number of rotatable bonds is 4. The first-order chi connectivity index (χ1) is 10.4. The van der Waals surface area contributed by atoms with Crippen LogP contribution in [-0.2, 0) is 0 Å². The van der Waals surface area contributed by atoms with Crippen LogP contribution < -0.4 is 10.1 Å². The molecule has 0 heterocycles. The second-order valence-electron chi connectivity index (χ2n) is 5.31. The highest BCUT2D eigenvalue weighted by Gasteiger charge is 2.12. The molecule has 0 saturated heterocycles. The van der Waals surface area contributed by atoms with Crippen LogP contribution >= 0.6 is 11.6 Å². The number of anilines is 1. The second kappa shape index (κ2) is 6.84. The molecule has 1 amide bonds. The Morgan fingerprint density at radius 2 is 1.77 bits per heavy atom.